The molecule has 1 heterocycles. The Kier molecular flexibility index (Phi) is 11.9. The van der Waals surface area contributed by atoms with Crippen LogP contribution in [0.15, 0.2) is 0 Å². The Morgan fingerprint density at radius 2 is 1.43 bits per heavy atom. The van der Waals surface area contributed by atoms with Crippen LogP contribution >= 0.6 is 23.5 Å². The molecule has 3 aliphatic carbocycles. The highest BCUT2D eigenvalue weighted by molar-refractivity contribution is 8.17. The summed E-state index contributed by atoms with van der Waals surface area (Å²) in [4.78, 5) is 12.9. The molecule has 4 fully saturated rings. The highest BCUT2D eigenvalue weighted by Crippen LogP contribution is 2.68. The molecule has 0 radical (unpaired) electrons. The third-order valence-electron chi connectivity index (χ3n) is 14.2. The van der Waals surface area contributed by atoms with Gasteiger partial charge >= 0.3 is 5.97 Å². The van der Waals surface area contributed by atoms with E-state index in [-0.39, 0.29) is 39.4 Å². The maximum atomic E-state index is 13.4. The number of carbonyl (C=O) groups is 1. The third-order valence-corrected chi connectivity index (χ3v) is 26.1. The third kappa shape index (κ3) is 7.42. The Morgan fingerprint density at radius 3 is 1.98 bits per heavy atom. The number of aliphatic hydroxyl groups is 1. The summed E-state index contributed by atoms with van der Waals surface area (Å²) >= 11 is 4.17. The van der Waals surface area contributed by atoms with E-state index in [0.29, 0.717) is 41.5 Å². The van der Waals surface area contributed by atoms with E-state index in [4.69, 9.17) is 13.6 Å². The molecule has 0 spiro atoms. The number of rotatable bonds is 10. The average Bonchev–Trinajstić information content (AvgIpc) is 3.25. The molecular formula is C37H70O5S2Si2. The topological polar surface area (TPSA) is 65.0 Å². The molecule has 4 rings (SSSR count). The second-order valence-electron chi connectivity index (χ2n) is 18.8. The smallest absolute Gasteiger partial charge is 0.305 e. The van der Waals surface area contributed by atoms with E-state index in [0.717, 1.165) is 32.1 Å². The Bertz CT molecular complexity index is 1070. The highest BCUT2D eigenvalue weighted by atomic mass is 32.2. The minimum atomic E-state index is -2.25. The SMILES string of the molecule is CCOC(=O)CC[C@]1(O)[C@H](O[Si](C)(C)C(C)(C)C)C[C@H]2[C@@H]3CC[C@H](O[Si](C)(C)C(C)(C)C)[C@@]3(C)CC[C@@H]2[C@@]1(C)CC1SCCCS1. The Balaban J connectivity index is 1.78. The summed E-state index contributed by atoms with van der Waals surface area (Å²) in [7, 11) is -4.17. The Labute approximate surface area is 293 Å². The first-order chi connectivity index (χ1) is 21.0. The minimum absolute atomic E-state index is 0.0217. The lowest BCUT2D eigenvalue weighted by molar-refractivity contribution is -0.239. The second-order valence-corrected chi connectivity index (χ2v) is 31.3. The molecule has 0 aromatic rings. The van der Waals surface area contributed by atoms with Gasteiger partial charge in [-0.3, -0.25) is 4.79 Å². The first-order valence-electron chi connectivity index (χ1n) is 18.5. The number of hydrogen-bond acceptors (Lipinski definition) is 7. The van der Waals surface area contributed by atoms with Crippen LogP contribution in [0.5, 0.6) is 0 Å². The number of carbonyl (C=O) groups excluding carboxylic acids is 1. The van der Waals surface area contributed by atoms with E-state index in [9.17, 15) is 9.90 Å². The number of ether oxygens (including phenoxy) is 1. The van der Waals surface area contributed by atoms with Gasteiger partial charge in [0.1, 0.15) is 0 Å². The van der Waals surface area contributed by atoms with Crippen molar-refractivity contribution in [2.24, 2.45) is 28.6 Å². The summed E-state index contributed by atoms with van der Waals surface area (Å²) in [6.45, 7) is 30.7. The molecule has 46 heavy (non-hydrogen) atoms. The largest absolute Gasteiger partial charge is 0.466 e. The van der Waals surface area contributed by atoms with Crippen molar-refractivity contribution in [3.63, 3.8) is 0 Å². The fraction of sp³-hybridized carbons (Fsp3) is 0.973. The van der Waals surface area contributed by atoms with Gasteiger partial charge in [0, 0.05) is 11.8 Å². The summed E-state index contributed by atoms with van der Waals surface area (Å²) in [6, 6.07) is 0. The molecule has 0 aromatic heterocycles. The second kappa shape index (κ2) is 13.9. The van der Waals surface area contributed by atoms with Crippen LogP contribution in [0.2, 0.25) is 36.3 Å². The van der Waals surface area contributed by atoms with E-state index in [1.54, 1.807) is 0 Å². The van der Waals surface area contributed by atoms with Gasteiger partial charge in [-0.15, -0.1) is 23.5 Å². The average molecular weight is 715 g/mol. The van der Waals surface area contributed by atoms with Crippen LogP contribution in [0.3, 0.4) is 0 Å². The van der Waals surface area contributed by atoms with Crippen molar-refractivity contribution in [1.82, 2.24) is 0 Å². The van der Waals surface area contributed by atoms with E-state index in [1.807, 2.05) is 6.92 Å². The maximum absolute atomic E-state index is 13.4. The van der Waals surface area contributed by atoms with Gasteiger partial charge in [-0.25, -0.2) is 0 Å². The van der Waals surface area contributed by atoms with Gasteiger partial charge in [-0.05, 0) is 129 Å². The van der Waals surface area contributed by atoms with Crippen LogP contribution in [0, 0.1) is 28.6 Å². The molecule has 268 valence electrons. The van der Waals surface area contributed by atoms with Gasteiger partial charge in [0.25, 0.3) is 0 Å². The van der Waals surface area contributed by atoms with E-state index in [1.165, 1.54) is 24.3 Å². The van der Waals surface area contributed by atoms with Crippen molar-refractivity contribution in [3.05, 3.63) is 0 Å². The molecule has 0 aromatic carbocycles. The van der Waals surface area contributed by atoms with E-state index >= 15 is 0 Å². The molecule has 0 amide bonds. The number of thioether (sulfide) groups is 2. The summed E-state index contributed by atoms with van der Waals surface area (Å²) in [5.41, 5.74) is -1.32. The highest BCUT2D eigenvalue weighted by Gasteiger charge is 2.68. The van der Waals surface area contributed by atoms with Crippen LogP contribution in [-0.2, 0) is 18.4 Å². The first kappa shape index (κ1) is 39.3. The van der Waals surface area contributed by atoms with Crippen LogP contribution < -0.4 is 0 Å². The molecule has 4 aliphatic rings. The summed E-state index contributed by atoms with van der Waals surface area (Å²) in [5, 5.41) is 13.6. The van der Waals surface area contributed by atoms with Gasteiger partial charge in [0.2, 0.25) is 0 Å². The normalized spacial score (nSPS) is 37.9. The molecule has 3 saturated carbocycles. The molecule has 8 atom stereocenters. The van der Waals surface area contributed by atoms with Crippen molar-refractivity contribution in [1.29, 1.82) is 0 Å². The fourth-order valence-corrected chi connectivity index (χ4v) is 15.2. The van der Waals surface area contributed by atoms with Crippen molar-refractivity contribution in [2.45, 2.75) is 179 Å². The minimum Gasteiger partial charge on any atom is -0.466 e. The van der Waals surface area contributed by atoms with E-state index < -0.39 is 22.2 Å². The first-order valence-corrected chi connectivity index (χ1v) is 26.4. The van der Waals surface area contributed by atoms with Crippen LogP contribution in [-0.4, -0.2) is 68.2 Å². The van der Waals surface area contributed by atoms with Crippen molar-refractivity contribution >= 4 is 46.1 Å². The lowest BCUT2D eigenvalue weighted by atomic mass is 9.44. The molecule has 0 unspecified atom stereocenters. The van der Waals surface area contributed by atoms with Crippen molar-refractivity contribution in [3.8, 4) is 0 Å². The Hall–Kier alpha value is 0.484. The number of esters is 1. The standard InChI is InChI=1S/C37H70O5S2Si2/c1-14-40-31(38)19-21-37(39)30(42-46(12,13)34(5,6)7)24-26-27-16-17-29(41-45(10,11)33(2,3)4)35(27,8)20-18-28(26)36(37,9)25-32-43-22-15-23-44-32/h26-30,32,39H,14-25H2,1-13H3/t26-,27-,28-,29-,30+,35-,36+,37-/m0/s1. The summed E-state index contributed by atoms with van der Waals surface area (Å²) in [5.74, 6) is 3.62. The van der Waals surface area contributed by atoms with Gasteiger partial charge in [0.05, 0.1) is 29.0 Å². The number of hydrogen-bond donors (Lipinski definition) is 1. The molecular weight excluding hydrogens is 645 g/mol. The molecule has 9 heteroatoms. The predicted octanol–water partition coefficient (Wildman–Crippen LogP) is 10.3. The molecule has 0 bridgehead atoms. The van der Waals surface area contributed by atoms with Crippen LogP contribution in [0.4, 0.5) is 0 Å². The van der Waals surface area contributed by atoms with Crippen molar-refractivity contribution in [2.75, 3.05) is 18.1 Å². The van der Waals surface area contributed by atoms with Gasteiger partial charge < -0.3 is 18.7 Å². The van der Waals surface area contributed by atoms with Gasteiger partial charge in [-0.1, -0.05) is 55.4 Å². The fourth-order valence-electron chi connectivity index (χ4n) is 9.20. The zero-order valence-corrected chi connectivity index (χ0v) is 35.5. The zero-order chi connectivity index (χ0) is 34.6. The number of fused-ring (bicyclic) bond motifs is 3. The lowest BCUT2D eigenvalue weighted by Gasteiger charge is -2.65. The molecule has 1 saturated heterocycles. The Morgan fingerprint density at radius 1 is 0.870 bits per heavy atom. The van der Waals surface area contributed by atoms with Gasteiger partial charge in [-0.2, -0.15) is 0 Å². The van der Waals surface area contributed by atoms with Crippen LogP contribution in [0.1, 0.15) is 120 Å². The quantitative estimate of drug-likeness (QED) is 0.178. The van der Waals surface area contributed by atoms with Gasteiger partial charge in [0.15, 0.2) is 16.6 Å². The summed E-state index contributed by atoms with van der Waals surface area (Å²) in [6.07, 6.45) is 8.37. The predicted molar refractivity (Wildman–Crippen MR) is 203 cm³/mol. The monoisotopic (exact) mass is 714 g/mol. The maximum Gasteiger partial charge on any atom is 0.305 e. The lowest BCUT2D eigenvalue weighted by Crippen LogP contribution is -2.69. The molecule has 1 N–H and O–H groups in total. The van der Waals surface area contributed by atoms with Crippen molar-refractivity contribution < 1.29 is 23.5 Å². The summed E-state index contributed by atoms with van der Waals surface area (Å²) < 4.78 is 20.6. The van der Waals surface area contributed by atoms with Crippen LogP contribution in [0.25, 0.3) is 0 Å². The molecule has 5 nitrogen and oxygen atoms in total. The van der Waals surface area contributed by atoms with E-state index in [2.05, 4.69) is 105 Å². The molecule has 1 aliphatic heterocycles. The zero-order valence-electron chi connectivity index (χ0n) is 31.8.